The van der Waals surface area contributed by atoms with Crippen LogP contribution >= 0.6 is 0 Å². The Morgan fingerprint density at radius 2 is 1.46 bits per heavy atom. The highest BCUT2D eigenvalue weighted by Gasteiger charge is 2.53. The van der Waals surface area contributed by atoms with Crippen LogP contribution in [-0.2, 0) is 17.6 Å². The van der Waals surface area contributed by atoms with E-state index in [1.807, 2.05) is 39.9 Å². The predicted octanol–water partition coefficient (Wildman–Crippen LogP) is 4.96. The van der Waals surface area contributed by atoms with Crippen molar-refractivity contribution in [1.82, 2.24) is 30.0 Å². The molecule has 4 aromatic rings. The first kappa shape index (κ1) is 36.6. The van der Waals surface area contributed by atoms with Crippen molar-refractivity contribution < 1.29 is 17.6 Å². The summed E-state index contributed by atoms with van der Waals surface area (Å²) in [6, 6.07) is 22.7. The van der Waals surface area contributed by atoms with Gasteiger partial charge >= 0.3 is 6.18 Å². The molecule has 0 radical (unpaired) electrons. The minimum Gasteiger partial charge on any atom is -0.405 e. The maximum absolute atomic E-state index is 14.5. The van der Waals surface area contributed by atoms with Gasteiger partial charge < -0.3 is 19.5 Å². The van der Waals surface area contributed by atoms with Crippen LogP contribution in [0.1, 0.15) is 56.6 Å². The molecule has 3 fully saturated rings. The number of nitrogens with one attached hydrogen (secondary N) is 1. The molecule has 1 N–H and O–H groups in total. The SMILES string of the molecule is Cc1cnn(C)c1C1CCN(c2cc(N3CC(N4CCNCC4)C3CO[Si](c3ccccc3)(c3ccccc3)C(C)(C)C)nc(C(F)(F)F)n2)CC1. The molecule has 2 unspecified atom stereocenters. The molecule has 3 saturated heterocycles. The fourth-order valence-corrected chi connectivity index (χ4v) is 13.3. The highest BCUT2D eigenvalue weighted by Crippen LogP contribution is 2.40. The van der Waals surface area contributed by atoms with Gasteiger partial charge in [-0.05, 0) is 40.7 Å². The maximum atomic E-state index is 14.5. The summed E-state index contributed by atoms with van der Waals surface area (Å²) in [5, 5.41) is 9.97. The molecule has 0 spiro atoms. The van der Waals surface area contributed by atoms with Gasteiger partial charge in [-0.15, -0.1) is 0 Å². The zero-order valence-corrected chi connectivity index (χ0v) is 31.9. The van der Waals surface area contributed by atoms with Crippen LogP contribution in [0.5, 0.6) is 0 Å². The lowest BCUT2D eigenvalue weighted by Gasteiger charge is -2.55. The molecule has 13 heteroatoms. The number of piperidine rings is 1. The molecule has 5 heterocycles. The molecule has 52 heavy (non-hydrogen) atoms. The van der Waals surface area contributed by atoms with Crippen molar-refractivity contribution in [3.8, 4) is 0 Å². The summed E-state index contributed by atoms with van der Waals surface area (Å²) < 4.78 is 52.9. The van der Waals surface area contributed by atoms with E-state index in [9.17, 15) is 13.2 Å². The van der Waals surface area contributed by atoms with Crippen molar-refractivity contribution in [3.05, 3.63) is 90.0 Å². The van der Waals surface area contributed by atoms with Crippen LogP contribution in [0.4, 0.5) is 24.8 Å². The first-order valence-corrected chi connectivity index (χ1v) is 20.4. The van der Waals surface area contributed by atoms with Gasteiger partial charge in [0.2, 0.25) is 5.82 Å². The average molecular weight is 733 g/mol. The zero-order valence-electron chi connectivity index (χ0n) is 30.9. The van der Waals surface area contributed by atoms with E-state index in [1.54, 1.807) is 6.07 Å². The van der Waals surface area contributed by atoms with Crippen LogP contribution in [0.2, 0.25) is 5.04 Å². The first-order chi connectivity index (χ1) is 24.9. The minimum atomic E-state index is -4.68. The van der Waals surface area contributed by atoms with Crippen molar-refractivity contribution in [2.75, 3.05) is 62.2 Å². The van der Waals surface area contributed by atoms with Gasteiger partial charge in [-0.3, -0.25) is 9.58 Å². The van der Waals surface area contributed by atoms with Crippen molar-refractivity contribution in [3.63, 3.8) is 0 Å². The summed E-state index contributed by atoms with van der Waals surface area (Å²) in [5.41, 5.74) is 2.34. The fraction of sp³-hybridized carbons (Fsp3) is 0.513. The number of rotatable bonds is 9. The fourth-order valence-electron chi connectivity index (χ4n) is 8.72. The average Bonchev–Trinajstić information content (AvgIpc) is 3.47. The number of aromatic nitrogens is 4. The van der Waals surface area contributed by atoms with E-state index in [4.69, 9.17) is 4.43 Å². The summed E-state index contributed by atoms with van der Waals surface area (Å²) in [4.78, 5) is 14.8. The Bertz CT molecular complexity index is 1740. The van der Waals surface area contributed by atoms with Crippen LogP contribution in [0.15, 0.2) is 72.9 Å². The zero-order chi connectivity index (χ0) is 36.7. The second-order valence-corrected chi connectivity index (χ2v) is 19.9. The second kappa shape index (κ2) is 14.6. The van der Waals surface area contributed by atoms with Crippen molar-refractivity contribution >= 4 is 30.3 Å². The highest BCUT2D eigenvalue weighted by atomic mass is 28.4. The molecule has 2 aromatic heterocycles. The predicted molar refractivity (Wildman–Crippen MR) is 202 cm³/mol. The molecule has 278 valence electrons. The van der Waals surface area contributed by atoms with Gasteiger partial charge in [0.15, 0.2) is 0 Å². The number of hydrogen-bond acceptors (Lipinski definition) is 8. The van der Waals surface area contributed by atoms with Crippen LogP contribution in [-0.4, -0.2) is 97.5 Å². The third kappa shape index (κ3) is 7.00. The van der Waals surface area contributed by atoms with Gasteiger partial charge in [0.1, 0.15) is 11.6 Å². The smallest absolute Gasteiger partial charge is 0.405 e. The normalized spacial score (nSPS) is 21.0. The number of hydrogen-bond donors (Lipinski definition) is 1. The number of benzene rings is 2. The first-order valence-electron chi connectivity index (χ1n) is 18.5. The van der Waals surface area contributed by atoms with E-state index >= 15 is 0 Å². The van der Waals surface area contributed by atoms with Crippen LogP contribution in [0.25, 0.3) is 0 Å². The number of alkyl halides is 3. The number of piperazine rings is 1. The molecule has 0 aliphatic carbocycles. The van der Waals surface area contributed by atoms with Crippen LogP contribution in [0, 0.1) is 6.92 Å². The van der Waals surface area contributed by atoms with Gasteiger partial charge in [0.05, 0.1) is 18.8 Å². The highest BCUT2D eigenvalue weighted by molar-refractivity contribution is 6.99. The Morgan fingerprint density at radius 1 is 0.865 bits per heavy atom. The molecule has 9 nitrogen and oxygen atoms in total. The third-order valence-corrected chi connectivity index (χ3v) is 16.4. The Kier molecular flexibility index (Phi) is 10.2. The topological polar surface area (TPSA) is 74.6 Å². The van der Waals surface area contributed by atoms with E-state index < -0.39 is 20.3 Å². The standard InChI is InChI=1S/C39H51F3N8OSi/c1-28-25-44-47(5)36(28)29-16-20-49(21-17-29)34-24-35(46-37(45-34)39(40,41)42)50-26-32(48-22-18-43-19-23-48)33(50)27-51-52(38(2,3)4,30-12-8-6-9-13-30)31-14-10-7-11-15-31/h6-15,24-25,29,32-33,43H,16-23,26-27H2,1-5H3. The molecule has 7 rings (SSSR count). The summed E-state index contributed by atoms with van der Waals surface area (Å²) in [5.74, 6) is -0.161. The number of nitrogens with zero attached hydrogens (tertiary/aromatic N) is 7. The number of halogens is 3. The van der Waals surface area contributed by atoms with Crippen molar-refractivity contribution in [2.24, 2.45) is 7.05 Å². The van der Waals surface area contributed by atoms with Gasteiger partial charge in [-0.2, -0.15) is 18.3 Å². The Labute approximate surface area is 306 Å². The second-order valence-electron chi connectivity index (χ2n) is 15.6. The monoisotopic (exact) mass is 732 g/mol. The summed E-state index contributed by atoms with van der Waals surface area (Å²) >= 11 is 0. The minimum absolute atomic E-state index is 0.117. The summed E-state index contributed by atoms with van der Waals surface area (Å²) in [6.45, 7) is 14.5. The number of anilines is 2. The van der Waals surface area contributed by atoms with Crippen LogP contribution < -0.4 is 25.5 Å². The van der Waals surface area contributed by atoms with Crippen LogP contribution in [0.3, 0.4) is 0 Å². The van der Waals surface area contributed by atoms with Crippen molar-refractivity contribution in [2.45, 2.75) is 69.8 Å². The molecule has 2 atom stereocenters. The Hall–Kier alpha value is -3.78. The molecule has 0 saturated carbocycles. The number of aryl methyl sites for hydroxylation is 2. The van der Waals surface area contributed by atoms with Gasteiger partial charge in [0, 0.05) is 76.6 Å². The maximum Gasteiger partial charge on any atom is 0.451 e. The largest absolute Gasteiger partial charge is 0.451 e. The molecular weight excluding hydrogens is 682 g/mol. The molecule has 0 bridgehead atoms. The molecule has 2 aromatic carbocycles. The third-order valence-electron chi connectivity index (χ3n) is 11.4. The van der Waals surface area contributed by atoms with Gasteiger partial charge in [0.25, 0.3) is 8.32 Å². The lowest BCUT2D eigenvalue weighted by Crippen LogP contribution is -2.73. The molecule has 3 aliphatic rings. The Balaban J connectivity index is 1.22. The van der Waals surface area contributed by atoms with E-state index in [-0.39, 0.29) is 17.1 Å². The lowest BCUT2D eigenvalue weighted by molar-refractivity contribution is -0.144. The van der Waals surface area contributed by atoms with E-state index in [2.05, 4.69) is 102 Å². The van der Waals surface area contributed by atoms with E-state index in [1.165, 1.54) is 16.1 Å². The Morgan fingerprint density at radius 3 is 2.00 bits per heavy atom. The van der Waals surface area contributed by atoms with Gasteiger partial charge in [-0.1, -0.05) is 81.4 Å². The van der Waals surface area contributed by atoms with Crippen molar-refractivity contribution in [1.29, 1.82) is 0 Å². The molecular formula is C39H51F3N8OSi. The van der Waals surface area contributed by atoms with E-state index in [0.717, 1.165) is 44.6 Å². The van der Waals surface area contributed by atoms with E-state index in [0.29, 0.717) is 43.8 Å². The summed E-state index contributed by atoms with van der Waals surface area (Å²) in [6.07, 6.45) is -1.18. The summed E-state index contributed by atoms with van der Waals surface area (Å²) in [7, 11) is -0.951. The van der Waals surface area contributed by atoms with Gasteiger partial charge in [-0.25, -0.2) is 9.97 Å². The molecule has 0 amide bonds. The lowest BCUT2D eigenvalue weighted by atomic mass is 9.91. The molecule has 3 aliphatic heterocycles. The quantitative estimate of drug-likeness (QED) is 0.243.